The summed E-state index contributed by atoms with van der Waals surface area (Å²) >= 11 is 1.41. The lowest BCUT2D eigenvalue weighted by atomic mass is 10.1. The first kappa shape index (κ1) is 25.5. The molecule has 0 spiro atoms. The molecule has 10 heteroatoms. The van der Waals surface area contributed by atoms with Crippen LogP contribution >= 0.6 is 11.3 Å². The third-order valence-corrected chi connectivity index (χ3v) is 8.46. The number of rotatable bonds is 7. The normalized spacial score (nSPS) is 11.4. The lowest BCUT2D eigenvalue weighted by Gasteiger charge is -2.20. The Morgan fingerprint density at radius 3 is 2.50 bits per heavy atom. The number of thiazole rings is 1. The molecular formula is C28H23FN4O3S2. The molecule has 0 atom stereocenters. The van der Waals surface area contributed by atoms with Crippen LogP contribution in [-0.2, 0) is 16.6 Å². The molecule has 3 aromatic carbocycles. The molecule has 1 N–H and O–H groups in total. The second-order valence-corrected chi connectivity index (χ2v) is 11.5. The number of nitrogens with one attached hydrogen (secondary N) is 1. The van der Waals surface area contributed by atoms with E-state index in [-0.39, 0.29) is 28.6 Å². The maximum absolute atomic E-state index is 13.8. The minimum absolute atomic E-state index is 0.0890. The van der Waals surface area contributed by atoms with Crippen LogP contribution < -0.4 is 9.62 Å². The SMILES string of the molecule is Cc1cc2nc(N(Cc3cccnc3)C(=O)c3cccc(NS(=O)(=O)c4ccc(F)cc4)c3)sc2cc1C. The first-order valence-electron chi connectivity index (χ1n) is 11.7. The number of aryl methyl sites for hydroxylation is 2. The van der Waals surface area contributed by atoms with Crippen LogP contribution in [0.5, 0.6) is 0 Å². The summed E-state index contributed by atoms with van der Waals surface area (Å²) in [5.74, 6) is -0.880. The van der Waals surface area contributed by atoms with Crippen LogP contribution in [0.2, 0.25) is 0 Å². The summed E-state index contributed by atoms with van der Waals surface area (Å²) < 4.78 is 42.3. The Bertz CT molecular complexity index is 1700. The van der Waals surface area contributed by atoms with Gasteiger partial charge in [0.1, 0.15) is 5.82 Å². The van der Waals surface area contributed by atoms with Gasteiger partial charge in [0.05, 0.1) is 21.7 Å². The Labute approximate surface area is 223 Å². The van der Waals surface area contributed by atoms with E-state index >= 15 is 0 Å². The van der Waals surface area contributed by atoms with Gasteiger partial charge in [-0.1, -0.05) is 23.5 Å². The van der Waals surface area contributed by atoms with E-state index in [9.17, 15) is 17.6 Å². The minimum Gasteiger partial charge on any atom is -0.280 e. The van der Waals surface area contributed by atoms with E-state index in [2.05, 4.69) is 15.8 Å². The van der Waals surface area contributed by atoms with Gasteiger partial charge < -0.3 is 0 Å². The molecule has 0 aliphatic rings. The van der Waals surface area contributed by atoms with E-state index in [4.69, 9.17) is 4.98 Å². The lowest BCUT2D eigenvalue weighted by Crippen LogP contribution is -2.30. The van der Waals surface area contributed by atoms with Crippen molar-refractivity contribution in [2.75, 3.05) is 9.62 Å². The summed E-state index contributed by atoms with van der Waals surface area (Å²) in [4.78, 5) is 24.2. The number of benzene rings is 3. The van der Waals surface area contributed by atoms with Crippen molar-refractivity contribution in [1.29, 1.82) is 0 Å². The molecule has 0 bridgehead atoms. The van der Waals surface area contributed by atoms with Gasteiger partial charge in [0.2, 0.25) is 0 Å². The molecule has 0 aliphatic carbocycles. The second kappa shape index (κ2) is 10.3. The summed E-state index contributed by atoms with van der Waals surface area (Å²) in [5, 5.41) is 0.524. The van der Waals surface area contributed by atoms with Gasteiger partial charge in [-0.25, -0.2) is 17.8 Å². The zero-order valence-electron chi connectivity index (χ0n) is 20.6. The maximum Gasteiger partial charge on any atom is 0.261 e. The number of sulfonamides is 1. The fourth-order valence-corrected chi connectivity index (χ4v) is 5.98. The highest BCUT2D eigenvalue weighted by Gasteiger charge is 2.23. The monoisotopic (exact) mass is 546 g/mol. The second-order valence-electron chi connectivity index (χ2n) is 8.79. The number of aromatic nitrogens is 2. The quantitative estimate of drug-likeness (QED) is 0.267. The fourth-order valence-electron chi connectivity index (χ4n) is 3.88. The predicted octanol–water partition coefficient (Wildman–Crippen LogP) is 6.10. The van der Waals surface area contributed by atoms with Crippen LogP contribution in [0.1, 0.15) is 27.0 Å². The molecule has 2 aromatic heterocycles. The Morgan fingerprint density at radius 1 is 1.00 bits per heavy atom. The number of nitrogens with zero attached hydrogens (tertiary/aromatic N) is 3. The lowest BCUT2D eigenvalue weighted by molar-refractivity contribution is 0.0985. The number of halogens is 1. The fraction of sp³-hybridized carbons (Fsp3) is 0.107. The van der Waals surface area contributed by atoms with Gasteiger partial charge in [-0.15, -0.1) is 0 Å². The van der Waals surface area contributed by atoms with Crippen molar-refractivity contribution >= 4 is 48.3 Å². The van der Waals surface area contributed by atoms with Gasteiger partial charge in [0, 0.05) is 23.6 Å². The molecule has 5 rings (SSSR count). The minimum atomic E-state index is -3.98. The van der Waals surface area contributed by atoms with Crippen LogP contribution in [0, 0.1) is 19.7 Å². The van der Waals surface area contributed by atoms with Crippen molar-refractivity contribution in [2.45, 2.75) is 25.3 Å². The van der Waals surface area contributed by atoms with E-state index < -0.39 is 15.8 Å². The Balaban J connectivity index is 1.49. The largest absolute Gasteiger partial charge is 0.280 e. The molecule has 38 heavy (non-hydrogen) atoms. The number of amides is 1. The first-order valence-corrected chi connectivity index (χ1v) is 14.0. The third kappa shape index (κ3) is 5.41. The van der Waals surface area contributed by atoms with Gasteiger partial charge in [0.25, 0.3) is 15.9 Å². The third-order valence-electron chi connectivity index (χ3n) is 6.02. The summed E-state index contributed by atoms with van der Waals surface area (Å²) in [6.45, 7) is 4.28. The molecule has 1 amide bonds. The first-order chi connectivity index (χ1) is 18.2. The topological polar surface area (TPSA) is 92.3 Å². The van der Waals surface area contributed by atoms with Crippen molar-refractivity contribution in [3.05, 3.63) is 113 Å². The number of fused-ring (bicyclic) bond motifs is 1. The smallest absolute Gasteiger partial charge is 0.261 e. The van der Waals surface area contributed by atoms with E-state index in [1.807, 2.05) is 26.0 Å². The molecule has 192 valence electrons. The summed E-state index contributed by atoms with van der Waals surface area (Å²) in [6, 6.07) is 18.5. The van der Waals surface area contributed by atoms with Crippen molar-refractivity contribution in [3.63, 3.8) is 0 Å². The van der Waals surface area contributed by atoms with Crippen molar-refractivity contribution in [2.24, 2.45) is 0 Å². The number of carbonyl (C=O) groups excluding carboxylic acids is 1. The van der Waals surface area contributed by atoms with E-state index in [0.717, 1.165) is 39.0 Å². The van der Waals surface area contributed by atoms with Gasteiger partial charge in [-0.3, -0.25) is 19.4 Å². The van der Waals surface area contributed by atoms with Crippen LogP contribution in [0.15, 0.2) is 90.1 Å². The molecule has 0 unspecified atom stereocenters. The Kier molecular flexibility index (Phi) is 6.92. The molecule has 0 aliphatic heterocycles. The van der Waals surface area contributed by atoms with Crippen LogP contribution in [-0.4, -0.2) is 24.3 Å². The molecule has 0 saturated heterocycles. The van der Waals surface area contributed by atoms with Crippen LogP contribution in [0.3, 0.4) is 0 Å². The zero-order valence-corrected chi connectivity index (χ0v) is 22.2. The highest BCUT2D eigenvalue weighted by atomic mass is 32.2. The number of hydrogen-bond acceptors (Lipinski definition) is 6. The standard InChI is InChI=1S/C28H23FN4O3S2/c1-18-13-25-26(14-19(18)2)37-28(31-25)33(17-20-5-4-12-30-16-20)27(34)21-6-3-7-23(15-21)32-38(35,36)24-10-8-22(29)9-11-24/h3-16,32H,17H2,1-2H3. The van der Waals surface area contributed by atoms with Crippen LogP contribution in [0.4, 0.5) is 15.2 Å². The molecule has 0 saturated carbocycles. The Hall–Kier alpha value is -4.15. The average Bonchev–Trinajstić information content (AvgIpc) is 3.30. The summed E-state index contributed by atoms with van der Waals surface area (Å²) in [5.41, 5.74) is 4.36. The predicted molar refractivity (Wildman–Crippen MR) is 147 cm³/mol. The maximum atomic E-state index is 13.8. The molecule has 0 radical (unpaired) electrons. The molecule has 2 heterocycles. The summed E-state index contributed by atoms with van der Waals surface area (Å²) in [6.07, 6.45) is 3.35. The highest BCUT2D eigenvalue weighted by molar-refractivity contribution is 7.92. The summed E-state index contributed by atoms with van der Waals surface area (Å²) in [7, 11) is -3.98. The van der Waals surface area contributed by atoms with Crippen molar-refractivity contribution in [1.82, 2.24) is 9.97 Å². The number of carbonyl (C=O) groups is 1. The molecule has 7 nitrogen and oxygen atoms in total. The number of hydrogen-bond donors (Lipinski definition) is 1. The molecule has 0 fully saturated rings. The highest BCUT2D eigenvalue weighted by Crippen LogP contribution is 2.33. The van der Waals surface area contributed by atoms with E-state index in [0.29, 0.717) is 5.13 Å². The Morgan fingerprint density at radius 2 is 1.76 bits per heavy atom. The van der Waals surface area contributed by atoms with Gasteiger partial charge >= 0.3 is 0 Å². The average molecular weight is 547 g/mol. The number of pyridine rings is 1. The van der Waals surface area contributed by atoms with E-state index in [1.54, 1.807) is 41.6 Å². The molecule has 5 aromatic rings. The van der Waals surface area contributed by atoms with Gasteiger partial charge in [0.15, 0.2) is 5.13 Å². The van der Waals surface area contributed by atoms with Gasteiger partial charge in [-0.05, 0) is 91.2 Å². The van der Waals surface area contributed by atoms with E-state index in [1.165, 1.54) is 29.5 Å². The van der Waals surface area contributed by atoms with Crippen LogP contribution in [0.25, 0.3) is 10.2 Å². The van der Waals surface area contributed by atoms with Crippen molar-refractivity contribution < 1.29 is 17.6 Å². The molecular weight excluding hydrogens is 523 g/mol. The van der Waals surface area contributed by atoms with Crippen molar-refractivity contribution in [3.8, 4) is 0 Å². The van der Waals surface area contributed by atoms with Gasteiger partial charge in [-0.2, -0.15) is 0 Å². The zero-order chi connectivity index (χ0) is 26.9. The number of anilines is 2.